The molecule has 2 aromatic carbocycles. The summed E-state index contributed by atoms with van der Waals surface area (Å²) in [7, 11) is -2.24. The van der Waals surface area contributed by atoms with Crippen molar-refractivity contribution in [2.24, 2.45) is 0 Å². The molecule has 0 spiro atoms. The van der Waals surface area contributed by atoms with Gasteiger partial charge in [0, 0.05) is 12.6 Å². The first-order valence-corrected chi connectivity index (χ1v) is 11.5. The highest BCUT2D eigenvalue weighted by atomic mass is 32.2. The number of ether oxygens (including phenoxy) is 1. The minimum absolute atomic E-state index is 0.0379. The van der Waals surface area contributed by atoms with Crippen LogP contribution in [0.25, 0.3) is 11.4 Å². The number of carbonyl (C=O) groups excluding carboxylic acids is 1. The number of sulfonamides is 1. The molecule has 3 aromatic rings. The van der Waals surface area contributed by atoms with Gasteiger partial charge in [-0.3, -0.25) is 4.79 Å². The van der Waals surface area contributed by atoms with E-state index in [2.05, 4.69) is 15.5 Å². The zero-order valence-electron chi connectivity index (χ0n) is 17.5. The molecule has 0 aliphatic carbocycles. The number of nitrogens with one attached hydrogen (secondary N) is 1. The summed E-state index contributed by atoms with van der Waals surface area (Å²) in [6.07, 6.45) is 1.05. The normalized spacial score (nSPS) is 12.5. The van der Waals surface area contributed by atoms with E-state index in [1.54, 1.807) is 30.3 Å². The predicted octanol–water partition coefficient (Wildman–Crippen LogP) is 2.38. The number of amides is 1. The van der Waals surface area contributed by atoms with Gasteiger partial charge in [0.15, 0.2) is 0 Å². The highest BCUT2D eigenvalue weighted by Gasteiger charge is 2.30. The Bertz CT molecular complexity index is 1110. The fraction of sp³-hybridized carbons (Fsp3) is 0.286. The van der Waals surface area contributed by atoms with Crippen LogP contribution in [0.3, 0.4) is 0 Å². The Morgan fingerprint density at radius 2 is 1.84 bits per heavy atom. The summed E-state index contributed by atoms with van der Waals surface area (Å²) in [5.74, 6) is 0.815. The third kappa shape index (κ3) is 5.68. The van der Waals surface area contributed by atoms with Gasteiger partial charge in [0.2, 0.25) is 27.6 Å². The van der Waals surface area contributed by atoms with Gasteiger partial charge in [-0.2, -0.15) is 9.29 Å². The number of rotatable bonds is 9. The predicted molar refractivity (Wildman–Crippen MR) is 115 cm³/mol. The third-order valence-electron chi connectivity index (χ3n) is 4.56. The first-order chi connectivity index (χ1) is 14.8. The SMILES string of the molecule is CCOc1ccc(-c2noc(CNC(=O)[C@H](c3ccccc3)N(C)S(C)(=O)=O)n2)cc1. The first-order valence-electron chi connectivity index (χ1n) is 9.61. The molecular formula is C21H24N4O5S. The van der Waals surface area contributed by atoms with Crippen LogP contribution in [-0.4, -0.2) is 48.7 Å². The molecule has 10 heteroatoms. The van der Waals surface area contributed by atoms with Gasteiger partial charge in [-0.25, -0.2) is 8.42 Å². The number of nitrogens with zero attached hydrogens (tertiary/aromatic N) is 3. The number of benzene rings is 2. The summed E-state index contributed by atoms with van der Waals surface area (Å²) >= 11 is 0. The van der Waals surface area contributed by atoms with Gasteiger partial charge in [0.05, 0.1) is 19.4 Å². The van der Waals surface area contributed by atoms with Crippen molar-refractivity contribution < 1.29 is 22.5 Å². The number of carbonyl (C=O) groups is 1. The fourth-order valence-corrected chi connectivity index (χ4v) is 3.52. The van der Waals surface area contributed by atoms with Crippen LogP contribution < -0.4 is 10.1 Å². The Balaban J connectivity index is 1.71. The van der Waals surface area contributed by atoms with Gasteiger partial charge in [-0.15, -0.1) is 0 Å². The van der Waals surface area contributed by atoms with Gasteiger partial charge >= 0.3 is 0 Å². The summed E-state index contributed by atoms with van der Waals surface area (Å²) in [5.41, 5.74) is 1.29. The molecule has 0 unspecified atom stereocenters. The van der Waals surface area contributed by atoms with E-state index in [4.69, 9.17) is 9.26 Å². The third-order valence-corrected chi connectivity index (χ3v) is 5.81. The second kappa shape index (κ2) is 9.71. The second-order valence-corrected chi connectivity index (χ2v) is 8.82. The Hall–Kier alpha value is -3.24. The van der Waals surface area contributed by atoms with Crippen molar-refractivity contribution in [1.29, 1.82) is 0 Å². The maximum atomic E-state index is 12.9. The largest absolute Gasteiger partial charge is 0.494 e. The topological polar surface area (TPSA) is 115 Å². The van der Waals surface area contributed by atoms with Crippen LogP contribution >= 0.6 is 0 Å². The van der Waals surface area contributed by atoms with Crippen LogP contribution in [0, 0.1) is 0 Å². The molecule has 1 heterocycles. The lowest BCUT2D eigenvalue weighted by Gasteiger charge is -2.25. The molecule has 1 aromatic heterocycles. The minimum Gasteiger partial charge on any atom is -0.494 e. The lowest BCUT2D eigenvalue weighted by Crippen LogP contribution is -2.41. The molecule has 31 heavy (non-hydrogen) atoms. The molecule has 0 radical (unpaired) electrons. The Labute approximate surface area is 181 Å². The Kier molecular flexibility index (Phi) is 7.03. The van der Waals surface area contributed by atoms with Crippen LogP contribution in [-0.2, 0) is 21.4 Å². The zero-order valence-corrected chi connectivity index (χ0v) is 18.3. The highest BCUT2D eigenvalue weighted by Crippen LogP contribution is 2.23. The number of likely N-dealkylation sites (N-methyl/N-ethyl adjacent to an activating group) is 1. The summed E-state index contributed by atoms with van der Waals surface area (Å²) in [6, 6.07) is 14.9. The molecule has 0 bridgehead atoms. The summed E-state index contributed by atoms with van der Waals surface area (Å²) in [5, 5.41) is 6.61. The molecule has 164 valence electrons. The van der Waals surface area contributed by atoms with Crippen molar-refractivity contribution in [3.05, 3.63) is 66.1 Å². The maximum absolute atomic E-state index is 12.9. The van der Waals surface area contributed by atoms with Crippen LogP contribution in [0.2, 0.25) is 0 Å². The number of aromatic nitrogens is 2. The molecule has 3 rings (SSSR count). The second-order valence-electron chi connectivity index (χ2n) is 6.78. The maximum Gasteiger partial charge on any atom is 0.246 e. The van der Waals surface area contributed by atoms with E-state index in [1.807, 2.05) is 31.2 Å². The Morgan fingerprint density at radius 1 is 1.16 bits per heavy atom. The van der Waals surface area contributed by atoms with E-state index in [-0.39, 0.29) is 12.4 Å². The van der Waals surface area contributed by atoms with Crippen molar-refractivity contribution in [2.75, 3.05) is 19.9 Å². The van der Waals surface area contributed by atoms with E-state index in [0.717, 1.165) is 21.9 Å². The molecule has 0 saturated carbocycles. The summed E-state index contributed by atoms with van der Waals surface area (Å²) in [6.45, 7) is 2.44. The molecule has 0 fully saturated rings. The van der Waals surface area contributed by atoms with Gasteiger partial charge in [-0.05, 0) is 36.8 Å². The van der Waals surface area contributed by atoms with E-state index < -0.39 is 22.0 Å². The smallest absolute Gasteiger partial charge is 0.246 e. The van der Waals surface area contributed by atoms with E-state index in [0.29, 0.717) is 18.0 Å². The zero-order chi connectivity index (χ0) is 22.4. The quantitative estimate of drug-likeness (QED) is 0.539. The van der Waals surface area contributed by atoms with Gasteiger partial charge < -0.3 is 14.6 Å². The molecule has 1 N–H and O–H groups in total. The number of hydrogen-bond donors (Lipinski definition) is 1. The molecule has 0 aliphatic rings. The van der Waals surface area contributed by atoms with Gasteiger partial charge in [-0.1, -0.05) is 35.5 Å². The average molecular weight is 445 g/mol. The van der Waals surface area contributed by atoms with Crippen LogP contribution in [0.5, 0.6) is 5.75 Å². The molecular weight excluding hydrogens is 420 g/mol. The van der Waals surface area contributed by atoms with Crippen molar-refractivity contribution >= 4 is 15.9 Å². The van der Waals surface area contributed by atoms with Crippen LogP contribution in [0.15, 0.2) is 59.1 Å². The van der Waals surface area contributed by atoms with Crippen LogP contribution in [0.4, 0.5) is 0 Å². The number of hydrogen-bond acceptors (Lipinski definition) is 7. The first kappa shape index (κ1) is 22.4. The van der Waals surface area contributed by atoms with E-state index in [9.17, 15) is 13.2 Å². The van der Waals surface area contributed by atoms with E-state index >= 15 is 0 Å². The summed E-state index contributed by atoms with van der Waals surface area (Å²) < 4.78 is 35.7. The standard InChI is InChI=1S/C21H24N4O5S/c1-4-29-17-12-10-16(11-13-17)20-23-18(30-24-20)14-22-21(26)19(25(2)31(3,27)28)15-8-6-5-7-9-15/h5-13,19H,4,14H2,1-3H3,(H,22,26)/t19-/m0/s1. The van der Waals surface area contributed by atoms with Crippen LogP contribution in [0.1, 0.15) is 24.4 Å². The minimum atomic E-state index is -3.61. The average Bonchev–Trinajstić information content (AvgIpc) is 3.22. The molecule has 1 atom stereocenters. The lowest BCUT2D eigenvalue weighted by molar-refractivity contribution is -0.125. The molecule has 1 amide bonds. The fourth-order valence-electron chi connectivity index (χ4n) is 2.92. The monoisotopic (exact) mass is 444 g/mol. The van der Waals surface area contributed by atoms with Crippen molar-refractivity contribution in [3.63, 3.8) is 0 Å². The lowest BCUT2D eigenvalue weighted by atomic mass is 10.1. The molecule has 0 aliphatic heterocycles. The van der Waals surface area contributed by atoms with E-state index in [1.165, 1.54) is 7.05 Å². The molecule has 0 saturated heterocycles. The van der Waals surface area contributed by atoms with Crippen molar-refractivity contribution in [1.82, 2.24) is 19.8 Å². The van der Waals surface area contributed by atoms with Gasteiger partial charge in [0.25, 0.3) is 0 Å². The molecule has 9 nitrogen and oxygen atoms in total. The summed E-state index contributed by atoms with van der Waals surface area (Å²) in [4.78, 5) is 17.1. The highest BCUT2D eigenvalue weighted by molar-refractivity contribution is 7.88. The Morgan fingerprint density at radius 3 is 2.45 bits per heavy atom. The van der Waals surface area contributed by atoms with Crippen molar-refractivity contribution in [3.8, 4) is 17.1 Å². The van der Waals surface area contributed by atoms with Gasteiger partial charge in [0.1, 0.15) is 11.8 Å². The van der Waals surface area contributed by atoms with Crippen molar-refractivity contribution in [2.45, 2.75) is 19.5 Å².